The molecular weight excluding hydrogens is 409 g/mol. The van der Waals surface area contributed by atoms with Crippen LogP contribution in [0.4, 0.5) is 0 Å². The third-order valence-corrected chi connectivity index (χ3v) is 7.26. The number of thiazole rings is 1. The maximum absolute atomic E-state index is 12.7. The summed E-state index contributed by atoms with van der Waals surface area (Å²) in [6, 6.07) is 9.44. The normalized spacial score (nSPS) is 17.5. The molecule has 0 N–H and O–H groups in total. The predicted molar refractivity (Wildman–Crippen MR) is 108 cm³/mol. The molecular formula is C18H15Cl2N3OS2. The van der Waals surface area contributed by atoms with Gasteiger partial charge < -0.3 is 4.90 Å². The molecule has 134 valence electrons. The number of piperidine rings is 1. The fraction of sp³-hybridized carbons (Fsp3) is 0.278. The summed E-state index contributed by atoms with van der Waals surface area (Å²) < 4.78 is 4.07. The molecule has 1 amide bonds. The Kier molecular flexibility index (Phi) is 5.27. The third kappa shape index (κ3) is 3.51. The average Bonchev–Trinajstić information content (AvgIpc) is 3.29. The molecule has 0 bridgehead atoms. The molecule has 26 heavy (non-hydrogen) atoms. The van der Waals surface area contributed by atoms with Crippen LogP contribution in [0, 0.1) is 0 Å². The number of carbonyl (C=O) groups is 1. The van der Waals surface area contributed by atoms with Gasteiger partial charge in [-0.15, -0.1) is 11.3 Å². The van der Waals surface area contributed by atoms with E-state index in [1.807, 2.05) is 40.6 Å². The lowest BCUT2D eigenvalue weighted by Crippen LogP contribution is -2.39. The second kappa shape index (κ2) is 7.64. The summed E-state index contributed by atoms with van der Waals surface area (Å²) in [4.78, 5) is 20.2. The second-order valence-corrected chi connectivity index (χ2v) is 8.54. The van der Waals surface area contributed by atoms with Crippen molar-refractivity contribution in [3.05, 3.63) is 56.5 Å². The zero-order valence-electron chi connectivity index (χ0n) is 13.7. The van der Waals surface area contributed by atoms with Crippen LogP contribution in [0.5, 0.6) is 0 Å². The molecule has 0 saturated carbocycles. The number of likely N-dealkylation sites (tertiary alicyclic amines) is 1. The van der Waals surface area contributed by atoms with Gasteiger partial charge in [0.25, 0.3) is 5.91 Å². The van der Waals surface area contributed by atoms with E-state index in [4.69, 9.17) is 28.2 Å². The lowest BCUT2D eigenvalue weighted by Gasteiger charge is -2.32. The molecule has 4 nitrogen and oxygen atoms in total. The maximum atomic E-state index is 12.7. The summed E-state index contributed by atoms with van der Waals surface area (Å²) in [6.45, 7) is 1.48. The van der Waals surface area contributed by atoms with E-state index in [0.29, 0.717) is 16.7 Å². The van der Waals surface area contributed by atoms with E-state index in [1.54, 1.807) is 11.3 Å². The van der Waals surface area contributed by atoms with Gasteiger partial charge in [-0.2, -0.15) is 4.37 Å². The highest BCUT2D eigenvalue weighted by atomic mass is 35.5. The van der Waals surface area contributed by atoms with Crippen LogP contribution in [0.25, 0.3) is 10.6 Å². The van der Waals surface area contributed by atoms with Crippen LogP contribution in [0.15, 0.2) is 35.7 Å². The van der Waals surface area contributed by atoms with Gasteiger partial charge in [0.2, 0.25) is 0 Å². The number of amides is 1. The number of benzene rings is 1. The van der Waals surface area contributed by atoms with Crippen molar-refractivity contribution in [3.8, 4) is 10.6 Å². The average molecular weight is 424 g/mol. The van der Waals surface area contributed by atoms with E-state index in [1.165, 1.54) is 11.5 Å². The molecule has 8 heteroatoms. The number of hydrogen-bond acceptors (Lipinski definition) is 5. The Morgan fingerprint density at radius 3 is 2.77 bits per heavy atom. The molecule has 1 fully saturated rings. The van der Waals surface area contributed by atoms with Gasteiger partial charge in [-0.3, -0.25) is 4.79 Å². The lowest BCUT2D eigenvalue weighted by molar-refractivity contribution is 0.0707. The first-order chi connectivity index (χ1) is 12.6. The molecule has 1 aliphatic heterocycles. The van der Waals surface area contributed by atoms with Crippen molar-refractivity contribution in [2.24, 2.45) is 0 Å². The van der Waals surface area contributed by atoms with Gasteiger partial charge in [0.1, 0.15) is 0 Å². The first kappa shape index (κ1) is 17.9. The predicted octanol–water partition coefficient (Wildman–Crippen LogP) is 5.59. The van der Waals surface area contributed by atoms with Gasteiger partial charge in [0.05, 0.1) is 20.6 Å². The number of halogens is 2. The smallest absolute Gasteiger partial charge is 0.253 e. The van der Waals surface area contributed by atoms with Gasteiger partial charge in [-0.25, -0.2) is 4.98 Å². The van der Waals surface area contributed by atoms with Crippen LogP contribution in [0.2, 0.25) is 10.2 Å². The molecule has 0 radical (unpaired) electrons. The van der Waals surface area contributed by atoms with E-state index < -0.39 is 0 Å². The molecule has 4 rings (SSSR count). The number of rotatable bonds is 3. The molecule has 1 saturated heterocycles. The van der Waals surface area contributed by atoms with Gasteiger partial charge in [-0.05, 0) is 36.5 Å². The minimum atomic E-state index is 0.0874. The van der Waals surface area contributed by atoms with Crippen molar-refractivity contribution in [2.45, 2.75) is 18.8 Å². The highest BCUT2D eigenvalue weighted by Crippen LogP contribution is 2.39. The van der Waals surface area contributed by atoms with Crippen molar-refractivity contribution in [1.29, 1.82) is 0 Å². The third-order valence-electron chi connectivity index (χ3n) is 4.43. The summed E-state index contributed by atoms with van der Waals surface area (Å²) >= 11 is 15.0. The molecule has 1 unspecified atom stereocenters. The Balaban J connectivity index is 1.52. The zero-order chi connectivity index (χ0) is 18.1. The van der Waals surface area contributed by atoms with Crippen LogP contribution in [-0.4, -0.2) is 33.3 Å². The molecule has 2 aromatic heterocycles. The quantitative estimate of drug-likeness (QED) is 0.550. The van der Waals surface area contributed by atoms with E-state index in [2.05, 4.69) is 4.37 Å². The molecule has 0 spiro atoms. The van der Waals surface area contributed by atoms with Crippen molar-refractivity contribution in [2.75, 3.05) is 13.1 Å². The first-order valence-corrected chi connectivity index (χ1v) is 10.6. The summed E-state index contributed by atoms with van der Waals surface area (Å²) in [5.41, 5.74) is 1.55. The SMILES string of the molecule is O=C(c1ccccc1)N1CCCC(c2nc(-c3snc(Cl)c3Cl)cs2)C1. The number of hydrogen-bond donors (Lipinski definition) is 0. The summed E-state index contributed by atoms with van der Waals surface area (Å²) in [6.07, 6.45) is 2.01. The van der Waals surface area contributed by atoms with Crippen LogP contribution >= 0.6 is 46.1 Å². The standard InChI is InChI=1S/C18H15Cl2N3OS2/c19-14-15(26-22-16(14)20)13-10-25-17(21-13)12-7-4-8-23(9-12)18(24)11-5-2-1-3-6-11/h1-3,5-6,10,12H,4,7-9H2. The Morgan fingerprint density at radius 1 is 1.23 bits per heavy atom. The first-order valence-electron chi connectivity index (χ1n) is 8.24. The molecule has 1 aromatic carbocycles. The van der Waals surface area contributed by atoms with Crippen LogP contribution < -0.4 is 0 Å². The van der Waals surface area contributed by atoms with Crippen molar-refractivity contribution in [1.82, 2.24) is 14.3 Å². The Hall–Kier alpha value is -1.47. The minimum Gasteiger partial charge on any atom is -0.338 e. The lowest BCUT2D eigenvalue weighted by atomic mass is 9.98. The Bertz CT molecular complexity index is 926. The second-order valence-electron chi connectivity index (χ2n) is 6.14. The molecule has 0 aliphatic carbocycles. The van der Waals surface area contributed by atoms with Gasteiger partial charge in [-0.1, -0.05) is 41.4 Å². The highest BCUT2D eigenvalue weighted by Gasteiger charge is 2.28. The minimum absolute atomic E-state index is 0.0874. The monoisotopic (exact) mass is 423 g/mol. The summed E-state index contributed by atoms with van der Waals surface area (Å²) in [5, 5.41) is 3.80. The topological polar surface area (TPSA) is 46.1 Å². The highest BCUT2D eigenvalue weighted by molar-refractivity contribution is 7.12. The van der Waals surface area contributed by atoms with Gasteiger partial charge >= 0.3 is 0 Å². The van der Waals surface area contributed by atoms with E-state index >= 15 is 0 Å². The van der Waals surface area contributed by atoms with E-state index in [0.717, 1.165) is 40.5 Å². The maximum Gasteiger partial charge on any atom is 0.253 e. The van der Waals surface area contributed by atoms with Gasteiger partial charge in [0.15, 0.2) is 5.15 Å². The van der Waals surface area contributed by atoms with Crippen LogP contribution in [0.3, 0.4) is 0 Å². The zero-order valence-corrected chi connectivity index (χ0v) is 16.8. The fourth-order valence-electron chi connectivity index (χ4n) is 3.12. The molecule has 1 aliphatic rings. The van der Waals surface area contributed by atoms with Crippen LogP contribution in [0.1, 0.15) is 34.1 Å². The number of aromatic nitrogens is 2. The van der Waals surface area contributed by atoms with Crippen LogP contribution in [-0.2, 0) is 0 Å². The van der Waals surface area contributed by atoms with Crippen molar-refractivity contribution in [3.63, 3.8) is 0 Å². The largest absolute Gasteiger partial charge is 0.338 e. The van der Waals surface area contributed by atoms with E-state index in [-0.39, 0.29) is 11.8 Å². The summed E-state index contributed by atoms with van der Waals surface area (Å²) in [7, 11) is 0. The molecule has 3 heterocycles. The molecule has 3 aromatic rings. The fourth-order valence-corrected chi connectivity index (χ4v) is 5.32. The van der Waals surface area contributed by atoms with Crippen molar-refractivity contribution < 1.29 is 4.79 Å². The van der Waals surface area contributed by atoms with Gasteiger partial charge in [0, 0.05) is 30.0 Å². The Morgan fingerprint density at radius 2 is 2.04 bits per heavy atom. The number of carbonyl (C=O) groups excluding carboxylic acids is 1. The molecule has 1 atom stereocenters. The Labute approximate surface area is 169 Å². The van der Waals surface area contributed by atoms with Crippen molar-refractivity contribution >= 4 is 52.0 Å². The number of nitrogens with zero attached hydrogens (tertiary/aromatic N) is 3. The summed E-state index contributed by atoms with van der Waals surface area (Å²) in [5.74, 6) is 0.335. The van der Waals surface area contributed by atoms with E-state index in [9.17, 15) is 4.79 Å².